The van der Waals surface area contributed by atoms with Crippen molar-refractivity contribution in [3.8, 4) is 5.75 Å². The molecular formula is C13H20O4. The molecule has 0 bridgehead atoms. The molecule has 0 aliphatic heterocycles. The van der Waals surface area contributed by atoms with E-state index < -0.39 is 6.10 Å². The molecule has 2 N–H and O–H groups in total. The van der Waals surface area contributed by atoms with Crippen molar-refractivity contribution in [1.29, 1.82) is 0 Å². The van der Waals surface area contributed by atoms with E-state index in [4.69, 9.17) is 14.6 Å². The molecule has 0 saturated heterocycles. The summed E-state index contributed by atoms with van der Waals surface area (Å²) in [4.78, 5) is 0. The van der Waals surface area contributed by atoms with Gasteiger partial charge in [0.15, 0.2) is 0 Å². The topological polar surface area (TPSA) is 58.9 Å². The molecule has 0 unspecified atom stereocenters. The maximum absolute atomic E-state index is 9.59. The zero-order valence-electron chi connectivity index (χ0n) is 10.3. The van der Waals surface area contributed by atoms with Gasteiger partial charge in [0.25, 0.3) is 0 Å². The van der Waals surface area contributed by atoms with Crippen LogP contribution in [0.2, 0.25) is 0 Å². The lowest BCUT2D eigenvalue weighted by molar-refractivity contribution is 0.0695. The molecule has 4 nitrogen and oxygen atoms in total. The molecule has 0 radical (unpaired) electrons. The second-order valence-corrected chi connectivity index (χ2v) is 3.90. The van der Waals surface area contributed by atoms with Gasteiger partial charge in [-0.15, -0.1) is 0 Å². The Balaban J connectivity index is 2.53. The summed E-state index contributed by atoms with van der Waals surface area (Å²) >= 11 is 0. The fourth-order valence-corrected chi connectivity index (χ4v) is 1.49. The van der Waals surface area contributed by atoms with Crippen LogP contribution in [-0.2, 0) is 4.74 Å². The first-order valence-corrected chi connectivity index (χ1v) is 5.75. The quantitative estimate of drug-likeness (QED) is 0.708. The summed E-state index contributed by atoms with van der Waals surface area (Å²) in [5.74, 6) is 0.688. The summed E-state index contributed by atoms with van der Waals surface area (Å²) in [5, 5.41) is 18.1. The van der Waals surface area contributed by atoms with Crippen molar-refractivity contribution >= 4 is 0 Å². The number of aliphatic hydroxyl groups is 2. The Bertz CT molecular complexity index is 336. The molecule has 17 heavy (non-hydrogen) atoms. The number of hydrogen-bond donors (Lipinski definition) is 2. The molecule has 1 atom stereocenters. The molecule has 0 amide bonds. The highest BCUT2D eigenvalue weighted by molar-refractivity contribution is 5.38. The fourth-order valence-electron chi connectivity index (χ4n) is 1.49. The number of ether oxygens (including phenoxy) is 2. The number of hydrogen-bond acceptors (Lipinski definition) is 4. The number of benzene rings is 1. The van der Waals surface area contributed by atoms with E-state index in [-0.39, 0.29) is 6.61 Å². The Kier molecular flexibility index (Phi) is 5.97. The standard InChI is InChI=1S/C13H20O4/c1-10-3-4-12(11(2)15)13(9-10)17-8-7-16-6-5-14/h3-4,9,11,14-15H,5-8H2,1-2H3/t11-/m1/s1. The molecule has 0 spiro atoms. The molecule has 0 saturated carbocycles. The molecule has 96 valence electrons. The Morgan fingerprint density at radius 3 is 2.65 bits per heavy atom. The minimum atomic E-state index is -0.552. The molecule has 0 heterocycles. The van der Waals surface area contributed by atoms with Crippen LogP contribution in [-0.4, -0.2) is 36.6 Å². The minimum Gasteiger partial charge on any atom is -0.491 e. The number of aliphatic hydroxyl groups excluding tert-OH is 2. The zero-order chi connectivity index (χ0) is 12.7. The smallest absolute Gasteiger partial charge is 0.125 e. The first-order chi connectivity index (χ1) is 8.15. The van der Waals surface area contributed by atoms with Crippen LogP contribution in [0.1, 0.15) is 24.2 Å². The van der Waals surface area contributed by atoms with Crippen LogP contribution in [0.3, 0.4) is 0 Å². The molecule has 1 aromatic carbocycles. The van der Waals surface area contributed by atoms with Gasteiger partial charge in [-0.3, -0.25) is 0 Å². The van der Waals surface area contributed by atoms with E-state index in [0.717, 1.165) is 11.1 Å². The van der Waals surface area contributed by atoms with Crippen LogP contribution in [0.4, 0.5) is 0 Å². The Morgan fingerprint density at radius 2 is 2.00 bits per heavy atom. The average Bonchev–Trinajstić information content (AvgIpc) is 2.28. The first-order valence-electron chi connectivity index (χ1n) is 5.75. The van der Waals surface area contributed by atoms with Gasteiger partial charge in [0, 0.05) is 5.56 Å². The summed E-state index contributed by atoms with van der Waals surface area (Å²) in [6, 6.07) is 5.70. The van der Waals surface area contributed by atoms with Crippen molar-refractivity contribution in [2.24, 2.45) is 0 Å². The predicted octanol–water partition coefficient (Wildman–Crippen LogP) is 1.44. The van der Waals surface area contributed by atoms with Crippen molar-refractivity contribution in [2.75, 3.05) is 26.4 Å². The van der Waals surface area contributed by atoms with E-state index in [1.165, 1.54) is 0 Å². The van der Waals surface area contributed by atoms with Crippen LogP contribution in [0.15, 0.2) is 18.2 Å². The van der Waals surface area contributed by atoms with E-state index in [1.807, 2.05) is 25.1 Å². The summed E-state index contributed by atoms with van der Waals surface area (Å²) in [6.45, 7) is 4.85. The second kappa shape index (κ2) is 7.27. The molecule has 0 aliphatic carbocycles. The summed E-state index contributed by atoms with van der Waals surface area (Å²) in [5.41, 5.74) is 1.86. The Morgan fingerprint density at radius 1 is 1.24 bits per heavy atom. The van der Waals surface area contributed by atoms with Crippen molar-refractivity contribution in [3.05, 3.63) is 29.3 Å². The van der Waals surface area contributed by atoms with Crippen LogP contribution < -0.4 is 4.74 Å². The zero-order valence-corrected chi connectivity index (χ0v) is 10.3. The second-order valence-electron chi connectivity index (χ2n) is 3.90. The van der Waals surface area contributed by atoms with Crippen molar-refractivity contribution in [2.45, 2.75) is 20.0 Å². The lowest BCUT2D eigenvalue weighted by Gasteiger charge is -2.14. The summed E-state index contributed by atoms with van der Waals surface area (Å²) in [7, 11) is 0. The molecule has 0 aliphatic rings. The highest BCUT2D eigenvalue weighted by Crippen LogP contribution is 2.26. The van der Waals surface area contributed by atoms with Crippen molar-refractivity contribution < 1.29 is 19.7 Å². The SMILES string of the molecule is Cc1ccc([C@@H](C)O)c(OCCOCCO)c1. The van der Waals surface area contributed by atoms with E-state index >= 15 is 0 Å². The van der Waals surface area contributed by atoms with E-state index in [2.05, 4.69) is 0 Å². The molecular weight excluding hydrogens is 220 g/mol. The number of aryl methyl sites for hydroxylation is 1. The molecule has 0 fully saturated rings. The van der Waals surface area contributed by atoms with Gasteiger partial charge in [-0.05, 0) is 25.5 Å². The van der Waals surface area contributed by atoms with Crippen LogP contribution >= 0.6 is 0 Å². The third kappa shape index (κ3) is 4.73. The third-order valence-electron chi connectivity index (χ3n) is 2.34. The Hall–Kier alpha value is -1.10. The lowest BCUT2D eigenvalue weighted by Crippen LogP contribution is -2.10. The number of rotatable bonds is 7. The van der Waals surface area contributed by atoms with Gasteiger partial charge in [0.05, 0.1) is 25.9 Å². The van der Waals surface area contributed by atoms with E-state index in [1.54, 1.807) is 6.92 Å². The molecule has 4 heteroatoms. The maximum atomic E-state index is 9.59. The predicted molar refractivity (Wildman–Crippen MR) is 65.2 cm³/mol. The summed E-state index contributed by atoms with van der Waals surface area (Å²) in [6.07, 6.45) is -0.552. The van der Waals surface area contributed by atoms with Gasteiger partial charge in [0.2, 0.25) is 0 Å². The maximum Gasteiger partial charge on any atom is 0.125 e. The fraction of sp³-hybridized carbons (Fsp3) is 0.538. The highest BCUT2D eigenvalue weighted by atomic mass is 16.5. The van der Waals surface area contributed by atoms with Gasteiger partial charge < -0.3 is 19.7 Å². The van der Waals surface area contributed by atoms with Crippen LogP contribution in [0, 0.1) is 6.92 Å². The monoisotopic (exact) mass is 240 g/mol. The molecule has 0 aromatic heterocycles. The van der Waals surface area contributed by atoms with Crippen molar-refractivity contribution in [3.63, 3.8) is 0 Å². The van der Waals surface area contributed by atoms with Gasteiger partial charge >= 0.3 is 0 Å². The average molecular weight is 240 g/mol. The van der Waals surface area contributed by atoms with Gasteiger partial charge in [-0.25, -0.2) is 0 Å². The molecule has 1 aromatic rings. The van der Waals surface area contributed by atoms with Crippen LogP contribution in [0.25, 0.3) is 0 Å². The minimum absolute atomic E-state index is 0.0172. The lowest BCUT2D eigenvalue weighted by atomic mass is 10.1. The molecule has 1 rings (SSSR count). The van der Waals surface area contributed by atoms with Crippen molar-refractivity contribution in [1.82, 2.24) is 0 Å². The highest BCUT2D eigenvalue weighted by Gasteiger charge is 2.09. The largest absolute Gasteiger partial charge is 0.491 e. The Labute approximate surface area is 102 Å². The van der Waals surface area contributed by atoms with Gasteiger partial charge in [-0.2, -0.15) is 0 Å². The summed E-state index contributed by atoms with van der Waals surface area (Å²) < 4.78 is 10.7. The van der Waals surface area contributed by atoms with Gasteiger partial charge in [0.1, 0.15) is 12.4 Å². The van der Waals surface area contributed by atoms with Crippen LogP contribution in [0.5, 0.6) is 5.75 Å². The first kappa shape index (κ1) is 14.0. The normalized spacial score (nSPS) is 12.5. The van der Waals surface area contributed by atoms with E-state index in [0.29, 0.717) is 25.6 Å². The van der Waals surface area contributed by atoms with E-state index in [9.17, 15) is 5.11 Å². The third-order valence-corrected chi connectivity index (χ3v) is 2.34. The van der Waals surface area contributed by atoms with Gasteiger partial charge in [-0.1, -0.05) is 12.1 Å².